The van der Waals surface area contributed by atoms with Crippen molar-refractivity contribution in [1.82, 2.24) is 10.0 Å². The van der Waals surface area contributed by atoms with Crippen molar-refractivity contribution in [3.8, 4) is 10.6 Å². The Balaban J connectivity index is 2.39. The monoisotopic (exact) mass is 296 g/mol. The summed E-state index contributed by atoms with van der Waals surface area (Å²) < 4.78 is 0. The SMILES string of the molecule is CON(C)C(=O)c1sc(-c2cccc(Cl)c2)nc1C. The zero-order chi connectivity index (χ0) is 14.0. The zero-order valence-corrected chi connectivity index (χ0v) is 12.4. The number of aromatic nitrogens is 1. The Morgan fingerprint density at radius 2 is 2.21 bits per heavy atom. The first-order valence-corrected chi connectivity index (χ1v) is 6.78. The van der Waals surface area contributed by atoms with Crippen molar-refractivity contribution >= 4 is 28.8 Å². The van der Waals surface area contributed by atoms with Gasteiger partial charge in [-0.25, -0.2) is 10.0 Å². The number of thiazole rings is 1. The lowest BCUT2D eigenvalue weighted by Gasteiger charge is -2.11. The van der Waals surface area contributed by atoms with E-state index in [0.717, 1.165) is 10.6 Å². The molecule has 0 aliphatic heterocycles. The van der Waals surface area contributed by atoms with Crippen LogP contribution in [0, 0.1) is 6.92 Å². The number of hydrogen-bond donors (Lipinski definition) is 0. The van der Waals surface area contributed by atoms with Crippen molar-refractivity contribution in [2.75, 3.05) is 14.2 Å². The fourth-order valence-electron chi connectivity index (χ4n) is 1.57. The molecule has 0 bridgehead atoms. The summed E-state index contributed by atoms with van der Waals surface area (Å²) in [6.07, 6.45) is 0. The number of halogens is 1. The van der Waals surface area contributed by atoms with Gasteiger partial charge in [0.05, 0.1) is 12.8 Å². The van der Waals surface area contributed by atoms with Crippen LogP contribution >= 0.6 is 22.9 Å². The third kappa shape index (κ3) is 2.94. The molecule has 0 atom stereocenters. The van der Waals surface area contributed by atoms with Crippen LogP contribution in [-0.2, 0) is 4.84 Å². The molecule has 1 heterocycles. The Morgan fingerprint density at radius 3 is 2.84 bits per heavy atom. The Morgan fingerprint density at radius 1 is 1.47 bits per heavy atom. The fraction of sp³-hybridized carbons (Fsp3) is 0.231. The quantitative estimate of drug-likeness (QED) is 0.815. The first-order valence-electron chi connectivity index (χ1n) is 5.58. The summed E-state index contributed by atoms with van der Waals surface area (Å²) in [6, 6.07) is 7.40. The second kappa shape index (κ2) is 5.69. The molecule has 2 aromatic rings. The van der Waals surface area contributed by atoms with E-state index in [4.69, 9.17) is 16.4 Å². The molecule has 0 saturated heterocycles. The molecule has 0 aliphatic rings. The summed E-state index contributed by atoms with van der Waals surface area (Å²) in [7, 11) is 3.02. The number of carbonyl (C=O) groups is 1. The molecule has 0 N–H and O–H groups in total. The van der Waals surface area contributed by atoms with Crippen LogP contribution in [0.5, 0.6) is 0 Å². The van der Waals surface area contributed by atoms with Crippen LogP contribution in [0.25, 0.3) is 10.6 Å². The fourth-order valence-corrected chi connectivity index (χ4v) is 2.79. The maximum absolute atomic E-state index is 12.1. The van der Waals surface area contributed by atoms with Crippen molar-refractivity contribution in [2.24, 2.45) is 0 Å². The van der Waals surface area contributed by atoms with Gasteiger partial charge in [-0.05, 0) is 19.1 Å². The summed E-state index contributed by atoms with van der Waals surface area (Å²) in [6.45, 7) is 1.81. The Hall–Kier alpha value is -1.43. The van der Waals surface area contributed by atoms with Gasteiger partial charge in [0, 0.05) is 17.6 Å². The molecule has 4 nitrogen and oxygen atoms in total. The highest BCUT2D eigenvalue weighted by Gasteiger charge is 2.19. The van der Waals surface area contributed by atoms with E-state index in [1.54, 1.807) is 20.0 Å². The van der Waals surface area contributed by atoms with E-state index < -0.39 is 0 Å². The lowest BCUT2D eigenvalue weighted by atomic mass is 10.2. The molecule has 6 heteroatoms. The van der Waals surface area contributed by atoms with Gasteiger partial charge in [-0.3, -0.25) is 9.63 Å². The van der Waals surface area contributed by atoms with Gasteiger partial charge in [0.2, 0.25) is 0 Å². The van der Waals surface area contributed by atoms with Crippen molar-refractivity contribution in [1.29, 1.82) is 0 Å². The van der Waals surface area contributed by atoms with Gasteiger partial charge in [0.15, 0.2) is 0 Å². The van der Waals surface area contributed by atoms with Gasteiger partial charge in [-0.1, -0.05) is 23.7 Å². The Kier molecular flexibility index (Phi) is 4.19. The molecular weight excluding hydrogens is 284 g/mol. The minimum Gasteiger partial charge on any atom is -0.274 e. The summed E-state index contributed by atoms with van der Waals surface area (Å²) in [5, 5.41) is 2.60. The molecule has 19 heavy (non-hydrogen) atoms. The van der Waals surface area contributed by atoms with E-state index in [9.17, 15) is 4.79 Å². The van der Waals surface area contributed by atoms with E-state index in [1.165, 1.54) is 23.5 Å². The Bertz CT molecular complexity index is 612. The molecule has 100 valence electrons. The van der Waals surface area contributed by atoms with Gasteiger partial charge < -0.3 is 0 Å². The highest BCUT2D eigenvalue weighted by atomic mass is 35.5. The second-order valence-corrected chi connectivity index (χ2v) is 5.36. The smallest absolute Gasteiger partial charge is 0.274 e. The molecule has 0 radical (unpaired) electrons. The van der Waals surface area contributed by atoms with Gasteiger partial charge in [0.25, 0.3) is 5.91 Å². The molecule has 0 fully saturated rings. The molecule has 0 unspecified atom stereocenters. The molecular formula is C13H13ClN2O2S. The average Bonchev–Trinajstić information content (AvgIpc) is 2.79. The Labute approximate surface area is 120 Å². The third-order valence-electron chi connectivity index (χ3n) is 2.62. The van der Waals surface area contributed by atoms with Crippen LogP contribution in [-0.4, -0.2) is 30.1 Å². The first kappa shape index (κ1) is 14.0. The van der Waals surface area contributed by atoms with Crippen molar-refractivity contribution in [2.45, 2.75) is 6.92 Å². The lowest BCUT2D eigenvalue weighted by Crippen LogP contribution is -2.25. The van der Waals surface area contributed by atoms with Crippen molar-refractivity contribution in [3.63, 3.8) is 0 Å². The second-order valence-electron chi connectivity index (χ2n) is 3.93. The van der Waals surface area contributed by atoms with Gasteiger partial charge >= 0.3 is 0 Å². The predicted molar refractivity (Wildman–Crippen MR) is 76.4 cm³/mol. The number of amides is 1. The summed E-state index contributed by atoms with van der Waals surface area (Å²) in [5.74, 6) is -0.203. The van der Waals surface area contributed by atoms with Crippen LogP contribution < -0.4 is 0 Å². The van der Waals surface area contributed by atoms with Crippen LogP contribution in [0.3, 0.4) is 0 Å². The largest absolute Gasteiger partial charge is 0.289 e. The van der Waals surface area contributed by atoms with E-state index in [2.05, 4.69) is 4.98 Å². The lowest BCUT2D eigenvalue weighted by molar-refractivity contribution is -0.0754. The van der Waals surface area contributed by atoms with E-state index >= 15 is 0 Å². The topological polar surface area (TPSA) is 42.4 Å². The van der Waals surface area contributed by atoms with Gasteiger partial charge in [-0.2, -0.15) is 0 Å². The molecule has 2 rings (SSSR count). The zero-order valence-electron chi connectivity index (χ0n) is 10.8. The molecule has 1 aromatic heterocycles. The van der Waals surface area contributed by atoms with E-state index in [0.29, 0.717) is 15.6 Å². The van der Waals surface area contributed by atoms with Crippen LogP contribution in [0.15, 0.2) is 24.3 Å². The molecule has 1 amide bonds. The first-order chi connectivity index (χ1) is 9.02. The third-order valence-corrected chi connectivity index (χ3v) is 4.05. The number of hydroxylamine groups is 2. The summed E-state index contributed by atoms with van der Waals surface area (Å²) in [4.78, 5) is 21.9. The average molecular weight is 297 g/mol. The van der Waals surface area contributed by atoms with E-state index in [-0.39, 0.29) is 5.91 Å². The van der Waals surface area contributed by atoms with Gasteiger partial charge in [-0.15, -0.1) is 11.3 Å². The number of nitrogens with zero attached hydrogens (tertiary/aromatic N) is 2. The van der Waals surface area contributed by atoms with Crippen LogP contribution in [0.4, 0.5) is 0 Å². The maximum atomic E-state index is 12.1. The molecule has 0 saturated carbocycles. The maximum Gasteiger partial charge on any atom is 0.289 e. The van der Waals surface area contributed by atoms with Crippen molar-refractivity contribution < 1.29 is 9.63 Å². The standard InChI is InChI=1S/C13H13ClN2O2S/c1-8-11(13(17)16(2)18-3)19-12(15-8)9-5-4-6-10(14)7-9/h4-7H,1-3H3. The summed E-state index contributed by atoms with van der Waals surface area (Å²) in [5.41, 5.74) is 1.59. The van der Waals surface area contributed by atoms with Gasteiger partial charge in [0.1, 0.15) is 9.88 Å². The number of benzene rings is 1. The summed E-state index contributed by atoms with van der Waals surface area (Å²) >= 11 is 7.29. The minimum atomic E-state index is -0.203. The highest BCUT2D eigenvalue weighted by molar-refractivity contribution is 7.17. The predicted octanol–water partition coefficient (Wildman–Crippen LogP) is 3.41. The number of hydrogen-bond acceptors (Lipinski definition) is 4. The minimum absolute atomic E-state index is 0.203. The van der Waals surface area contributed by atoms with E-state index in [1.807, 2.05) is 18.2 Å². The number of aryl methyl sites for hydroxylation is 1. The number of carbonyl (C=O) groups excluding carboxylic acids is 1. The highest BCUT2D eigenvalue weighted by Crippen LogP contribution is 2.30. The molecule has 1 aromatic carbocycles. The molecule has 0 spiro atoms. The normalized spacial score (nSPS) is 10.5. The van der Waals surface area contributed by atoms with Crippen LogP contribution in [0.1, 0.15) is 15.4 Å². The number of rotatable bonds is 3. The van der Waals surface area contributed by atoms with Crippen LogP contribution in [0.2, 0.25) is 5.02 Å². The van der Waals surface area contributed by atoms with Crippen molar-refractivity contribution in [3.05, 3.63) is 39.9 Å². The molecule has 0 aliphatic carbocycles.